The Labute approximate surface area is 123 Å². The van der Waals surface area contributed by atoms with Crippen LogP contribution in [0.3, 0.4) is 0 Å². The molecule has 0 radical (unpaired) electrons. The van der Waals surface area contributed by atoms with Crippen LogP contribution in [0.25, 0.3) is 0 Å². The van der Waals surface area contributed by atoms with Crippen molar-refractivity contribution in [3.63, 3.8) is 0 Å². The van der Waals surface area contributed by atoms with Crippen molar-refractivity contribution in [1.82, 2.24) is 10.3 Å². The molecule has 1 aromatic rings. The molecule has 0 amide bonds. The van der Waals surface area contributed by atoms with Crippen molar-refractivity contribution in [3.05, 3.63) is 23.4 Å². The minimum Gasteiger partial charge on any atom is -0.354 e. The smallest absolute Gasteiger partial charge is 0.129 e. The summed E-state index contributed by atoms with van der Waals surface area (Å²) in [4.78, 5) is 7.32. The van der Waals surface area contributed by atoms with Gasteiger partial charge in [-0.3, -0.25) is 0 Å². The van der Waals surface area contributed by atoms with Gasteiger partial charge in [-0.2, -0.15) is 0 Å². The van der Waals surface area contributed by atoms with Crippen LogP contribution in [0, 0.1) is 5.92 Å². The Bertz CT molecular complexity index is 430. The quantitative estimate of drug-likeness (QED) is 0.807. The molecule has 1 aromatic heterocycles. The Hall–Kier alpha value is -1.09. The standard InChI is InChI=1S/C17H29N3/c1-5-7-18-11-15-9-16(6-2)19-17(10-15)20-12-13(3)8-14(20)4/h9-10,13-14,18H,5-8,11-12H2,1-4H3. The molecule has 2 rings (SSSR count). The van der Waals surface area contributed by atoms with E-state index in [4.69, 9.17) is 4.98 Å². The summed E-state index contributed by atoms with van der Waals surface area (Å²) < 4.78 is 0. The summed E-state index contributed by atoms with van der Waals surface area (Å²) in [5.41, 5.74) is 2.58. The molecule has 2 atom stereocenters. The molecule has 1 aliphatic rings. The van der Waals surface area contributed by atoms with E-state index in [0.29, 0.717) is 6.04 Å². The summed E-state index contributed by atoms with van der Waals surface area (Å²) in [6, 6.07) is 5.13. The molecule has 3 nitrogen and oxygen atoms in total. The van der Waals surface area contributed by atoms with Crippen LogP contribution in [-0.2, 0) is 13.0 Å². The van der Waals surface area contributed by atoms with E-state index >= 15 is 0 Å². The van der Waals surface area contributed by atoms with Crippen molar-refractivity contribution in [2.45, 2.75) is 59.5 Å². The number of nitrogens with one attached hydrogen (secondary N) is 1. The van der Waals surface area contributed by atoms with Gasteiger partial charge in [-0.05, 0) is 56.3 Å². The van der Waals surface area contributed by atoms with Crippen molar-refractivity contribution in [3.8, 4) is 0 Å². The first-order chi connectivity index (χ1) is 9.63. The summed E-state index contributed by atoms with van der Waals surface area (Å²) in [5.74, 6) is 1.95. The first-order valence-electron chi connectivity index (χ1n) is 8.11. The van der Waals surface area contributed by atoms with E-state index in [9.17, 15) is 0 Å². The lowest BCUT2D eigenvalue weighted by Crippen LogP contribution is -2.28. The fourth-order valence-corrected chi connectivity index (χ4v) is 3.09. The van der Waals surface area contributed by atoms with E-state index in [-0.39, 0.29) is 0 Å². The topological polar surface area (TPSA) is 28.2 Å². The van der Waals surface area contributed by atoms with Gasteiger partial charge in [0.2, 0.25) is 0 Å². The Morgan fingerprint density at radius 1 is 1.30 bits per heavy atom. The molecule has 0 bridgehead atoms. The molecule has 1 aliphatic heterocycles. The summed E-state index contributed by atoms with van der Waals surface area (Å²) in [6.45, 7) is 12.2. The largest absolute Gasteiger partial charge is 0.354 e. The molecule has 1 saturated heterocycles. The Morgan fingerprint density at radius 3 is 2.70 bits per heavy atom. The van der Waals surface area contributed by atoms with E-state index in [2.05, 4.69) is 50.0 Å². The van der Waals surface area contributed by atoms with Crippen molar-refractivity contribution >= 4 is 5.82 Å². The zero-order valence-electron chi connectivity index (χ0n) is 13.4. The van der Waals surface area contributed by atoms with Crippen molar-refractivity contribution < 1.29 is 0 Å². The van der Waals surface area contributed by atoms with Gasteiger partial charge in [0.25, 0.3) is 0 Å². The minimum atomic E-state index is 0.612. The Morgan fingerprint density at radius 2 is 2.10 bits per heavy atom. The maximum Gasteiger partial charge on any atom is 0.129 e. The number of anilines is 1. The molecule has 1 fully saturated rings. The lowest BCUT2D eigenvalue weighted by Gasteiger charge is -2.24. The second-order valence-electron chi connectivity index (χ2n) is 6.20. The lowest BCUT2D eigenvalue weighted by atomic mass is 10.1. The normalized spacial score (nSPS) is 22.5. The Balaban J connectivity index is 2.17. The number of rotatable bonds is 6. The highest BCUT2D eigenvalue weighted by molar-refractivity contribution is 5.45. The van der Waals surface area contributed by atoms with Crippen LogP contribution in [0.1, 0.15) is 51.8 Å². The van der Waals surface area contributed by atoms with Crippen LogP contribution in [0.5, 0.6) is 0 Å². The number of pyridine rings is 1. The van der Waals surface area contributed by atoms with Gasteiger partial charge in [-0.15, -0.1) is 0 Å². The number of aryl methyl sites for hydroxylation is 1. The SMILES string of the molecule is CCCNCc1cc(CC)nc(N2CC(C)CC2C)c1. The van der Waals surface area contributed by atoms with Crippen LogP contribution in [-0.4, -0.2) is 24.1 Å². The van der Waals surface area contributed by atoms with Gasteiger partial charge in [0.15, 0.2) is 0 Å². The van der Waals surface area contributed by atoms with E-state index in [1.807, 2.05) is 0 Å². The van der Waals surface area contributed by atoms with Crippen LogP contribution in [0.4, 0.5) is 5.82 Å². The number of hydrogen-bond donors (Lipinski definition) is 1. The van der Waals surface area contributed by atoms with Crippen LogP contribution in [0.15, 0.2) is 12.1 Å². The molecule has 0 saturated carbocycles. The zero-order valence-corrected chi connectivity index (χ0v) is 13.4. The fraction of sp³-hybridized carbons (Fsp3) is 0.706. The van der Waals surface area contributed by atoms with Gasteiger partial charge >= 0.3 is 0 Å². The maximum atomic E-state index is 4.85. The molecule has 0 aliphatic carbocycles. The molecule has 0 spiro atoms. The highest BCUT2D eigenvalue weighted by Gasteiger charge is 2.27. The molecule has 20 heavy (non-hydrogen) atoms. The first-order valence-corrected chi connectivity index (χ1v) is 8.11. The Kier molecular flexibility index (Phi) is 5.41. The molecule has 0 aromatic carbocycles. The van der Waals surface area contributed by atoms with Gasteiger partial charge in [-0.25, -0.2) is 4.98 Å². The van der Waals surface area contributed by atoms with Gasteiger partial charge in [0, 0.05) is 24.8 Å². The monoisotopic (exact) mass is 275 g/mol. The number of aromatic nitrogens is 1. The first kappa shape index (κ1) is 15.3. The van der Waals surface area contributed by atoms with E-state index in [0.717, 1.165) is 32.0 Å². The summed E-state index contributed by atoms with van der Waals surface area (Å²) in [5, 5.41) is 3.49. The molecule has 2 unspecified atom stereocenters. The average molecular weight is 275 g/mol. The van der Waals surface area contributed by atoms with Gasteiger partial charge in [0.1, 0.15) is 5.82 Å². The number of nitrogens with zero attached hydrogens (tertiary/aromatic N) is 2. The summed E-state index contributed by atoms with van der Waals surface area (Å²) in [6.07, 6.45) is 3.47. The van der Waals surface area contributed by atoms with Crippen LogP contribution in [0.2, 0.25) is 0 Å². The van der Waals surface area contributed by atoms with E-state index in [1.165, 1.54) is 29.9 Å². The third-order valence-electron chi connectivity index (χ3n) is 4.12. The second kappa shape index (κ2) is 7.07. The highest BCUT2D eigenvalue weighted by atomic mass is 15.2. The van der Waals surface area contributed by atoms with E-state index in [1.54, 1.807) is 0 Å². The predicted octanol–water partition coefficient (Wildman–Crippen LogP) is 3.38. The van der Waals surface area contributed by atoms with Crippen molar-refractivity contribution in [2.75, 3.05) is 18.0 Å². The van der Waals surface area contributed by atoms with Crippen LogP contribution < -0.4 is 10.2 Å². The second-order valence-corrected chi connectivity index (χ2v) is 6.20. The van der Waals surface area contributed by atoms with Gasteiger partial charge in [0.05, 0.1) is 0 Å². The minimum absolute atomic E-state index is 0.612. The molecule has 3 heteroatoms. The fourth-order valence-electron chi connectivity index (χ4n) is 3.09. The molecule has 2 heterocycles. The van der Waals surface area contributed by atoms with Crippen molar-refractivity contribution in [1.29, 1.82) is 0 Å². The molecular formula is C17H29N3. The van der Waals surface area contributed by atoms with E-state index < -0.39 is 0 Å². The highest BCUT2D eigenvalue weighted by Crippen LogP contribution is 2.28. The molecule has 112 valence electrons. The maximum absolute atomic E-state index is 4.85. The summed E-state index contributed by atoms with van der Waals surface area (Å²) >= 11 is 0. The number of hydrogen-bond acceptors (Lipinski definition) is 3. The van der Waals surface area contributed by atoms with Gasteiger partial charge < -0.3 is 10.2 Å². The average Bonchev–Trinajstić information content (AvgIpc) is 2.77. The summed E-state index contributed by atoms with van der Waals surface area (Å²) in [7, 11) is 0. The third kappa shape index (κ3) is 3.72. The predicted molar refractivity (Wildman–Crippen MR) is 86.2 cm³/mol. The third-order valence-corrected chi connectivity index (χ3v) is 4.12. The van der Waals surface area contributed by atoms with Gasteiger partial charge in [-0.1, -0.05) is 20.8 Å². The zero-order chi connectivity index (χ0) is 14.5. The molecule has 1 N–H and O–H groups in total. The lowest BCUT2D eigenvalue weighted by molar-refractivity contribution is 0.625. The molecular weight excluding hydrogens is 246 g/mol. The van der Waals surface area contributed by atoms with Crippen LogP contribution >= 0.6 is 0 Å². The van der Waals surface area contributed by atoms with Crippen molar-refractivity contribution in [2.24, 2.45) is 5.92 Å².